The minimum atomic E-state index is 0.0123. The molecule has 0 aromatic heterocycles. The van der Waals surface area contributed by atoms with Crippen molar-refractivity contribution in [2.24, 2.45) is 5.41 Å². The largest absolute Gasteiger partial charge is 0.396 e. The molecule has 0 spiro atoms. The van der Waals surface area contributed by atoms with Gasteiger partial charge < -0.3 is 15.3 Å². The molecule has 0 bridgehead atoms. The van der Waals surface area contributed by atoms with E-state index in [0.717, 1.165) is 19.1 Å². The Kier molecular flexibility index (Phi) is 6.45. The van der Waals surface area contributed by atoms with Gasteiger partial charge in [0, 0.05) is 24.6 Å². The SMILES string of the molecule is CC1CCCCN1CCCNCC(C)(C)CO. The molecule has 1 saturated heterocycles. The zero-order valence-electron chi connectivity index (χ0n) is 11.8. The van der Waals surface area contributed by atoms with Crippen molar-refractivity contribution in [3.05, 3.63) is 0 Å². The first-order valence-electron chi connectivity index (χ1n) is 7.11. The highest BCUT2D eigenvalue weighted by molar-refractivity contribution is 4.74. The van der Waals surface area contributed by atoms with E-state index in [1.807, 2.05) is 0 Å². The van der Waals surface area contributed by atoms with Gasteiger partial charge in [0.2, 0.25) is 0 Å². The van der Waals surface area contributed by atoms with E-state index in [1.165, 1.54) is 38.8 Å². The summed E-state index contributed by atoms with van der Waals surface area (Å²) in [7, 11) is 0. The molecular weight excluding hydrogens is 212 g/mol. The van der Waals surface area contributed by atoms with Crippen LogP contribution in [0.15, 0.2) is 0 Å². The Labute approximate surface area is 107 Å². The third kappa shape index (κ3) is 5.84. The summed E-state index contributed by atoms with van der Waals surface area (Å²) in [5.74, 6) is 0. The quantitative estimate of drug-likeness (QED) is 0.669. The maximum absolute atomic E-state index is 9.14. The highest BCUT2D eigenvalue weighted by atomic mass is 16.3. The van der Waals surface area contributed by atoms with Crippen LogP contribution in [0.2, 0.25) is 0 Å². The van der Waals surface area contributed by atoms with Gasteiger partial charge in [-0.3, -0.25) is 0 Å². The predicted octanol–water partition coefficient (Wildman–Crippen LogP) is 1.86. The van der Waals surface area contributed by atoms with Gasteiger partial charge in [-0.2, -0.15) is 0 Å². The van der Waals surface area contributed by atoms with E-state index in [9.17, 15) is 0 Å². The third-order valence-electron chi connectivity index (χ3n) is 3.77. The zero-order chi connectivity index (χ0) is 12.7. The average molecular weight is 242 g/mol. The minimum absolute atomic E-state index is 0.0123. The second-order valence-corrected chi connectivity index (χ2v) is 6.23. The lowest BCUT2D eigenvalue weighted by Crippen LogP contribution is -2.39. The highest BCUT2D eigenvalue weighted by Crippen LogP contribution is 2.16. The summed E-state index contributed by atoms with van der Waals surface area (Å²) in [6.07, 6.45) is 5.35. The lowest BCUT2D eigenvalue weighted by Gasteiger charge is -2.33. The first-order valence-corrected chi connectivity index (χ1v) is 7.11. The number of aliphatic hydroxyl groups is 1. The van der Waals surface area contributed by atoms with Crippen LogP contribution in [0.5, 0.6) is 0 Å². The van der Waals surface area contributed by atoms with E-state index in [-0.39, 0.29) is 12.0 Å². The van der Waals surface area contributed by atoms with Crippen LogP contribution in [-0.2, 0) is 0 Å². The number of hydrogen-bond donors (Lipinski definition) is 2. The fourth-order valence-electron chi connectivity index (χ4n) is 2.38. The summed E-state index contributed by atoms with van der Waals surface area (Å²) in [5.41, 5.74) is 0.0123. The van der Waals surface area contributed by atoms with Gasteiger partial charge in [0.05, 0.1) is 0 Å². The molecule has 2 N–H and O–H groups in total. The Balaban J connectivity index is 2.04. The average Bonchev–Trinajstić information content (AvgIpc) is 2.31. The number of rotatable bonds is 7. The number of likely N-dealkylation sites (tertiary alicyclic amines) is 1. The highest BCUT2D eigenvalue weighted by Gasteiger charge is 2.18. The first kappa shape index (κ1) is 14.9. The van der Waals surface area contributed by atoms with Gasteiger partial charge in [-0.05, 0) is 45.8 Å². The van der Waals surface area contributed by atoms with Crippen LogP contribution >= 0.6 is 0 Å². The molecule has 0 aromatic rings. The van der Waals surface area contributed by atoms with Crippen LogP contribution in [0, 0.1) is 5.41 Å². The number of hydrogen-bond acceptors (Lipinski definition) is 3. The third-order valence-corrected chi connectivity index (χ3v) is 3.77. The second kappa shape index (κ2) is 7.34. The number of aliphatic hydroxyl groups excluding tert-OH is 1. The van der Waals surface area contributed by atoms with E-state index in [1.54, 1.807) is 0 Å². The summed E-state index contributed by atoms with van der Waals surface area (Å²) in [6.45, 7) is 11.2. The molecule has 1 unspecified atom stereocenters. The van der Waals surface area contributed by atoms with E-state index >= 15 is 0 Å². The van der Waals surface area contributed by atoms with Gasteiger partial charge in [-0.25, -0.2) is 0 Å². The van der Waals surface area contributed by atoms with Crippen LogP contribution in [0.1, 0.15) is 46.5 Å². The molecule has 3 heteroatoms. The number of piperidine rings is 1. The molecule has 1 atom stereocenters. The van der Waals surface area contributed by atoms with Gasteiger partial charge in [0.15, 0.2) is 0 Å². The van der Waals surface area contributed by atoms with Crippen molar-refractivity contribution in [1.29, 1.82) is 0 Å². The summed E-state index contributed by atoms with van der Waals surface area (Å²) in [6, 6.07) is 0.776. The molecular formula is C14H30N2O. The summed E-state index contributed by atoms with van der Waals surface area (Å²) >= 11 is 0. The Bertz CT molecular complexity index is 206. The Morgan fingerprint density at radius 1 is 1.35 bits per heavy atom. The molecule has 0 amide bonds. The van der Waals surface area contributed by atoms with Crippen molar-refractivity contribution in [2.45, 2.75) is 52.5 Å². The topological polar surface area (TPSA) is 35.5 Å². The smallest absolute Gasteiger partial charge is 0.0494 e. The molecule has 17 heavy (non-hydrogen) atoms. The second-order valence-electron chi connectivity index (χ2n) is 6.23. The maximum Gasteiger partial charge on any atom is 0.0494 e. The molecule has 1 aliphatic heterocycles. The normalized spacial score (nSPS) is 22.9. The monoisotopic (exact) mass is 242 g/mol. The van der Waals surface area contributed by atoms with Gasteiger partial charge in [0.25, 0.3) is 0 Å². The van der Waals surface area contributed by atoms with Crippen LogP contribution in [-0.4, -0.2) is 48.8 Å². The Morgan fingerprint density at radius 2 is 2.12 bits per heavy atom. The molecule has 1 fully saturated rings. The lowest BCUT2D eigenvalue weighted by molar-refractivity contribution is 0.149. The fourth-order valence-corrected chi connectivity index (χ4v) is 2.38. The van der Waals surface area contributed by atoms with Crippen molar-refractivity contribution in [1.82, 2.24) is 10.2 Å². The predicted molar refractivity (Wildman–Crippen MR) is 73.2 cm³/mol. The molecule has 0 aliphatic carbocycles. The maximum atomic E-state index is 9.14. The Hall–Kier alpha value is -0.120. The zero-order valence-corrected chi connectivity index (χ0v) is 11.8. The fraction of sp³-hybridized carbons (Fsp3) is 1.00. The lowest BCUT2D eigenvalue weighted by atomic mass is 9.95. The van der Waals surface area contributed by atoms with E-state index in [0.29, 0.717) is 0 Å². The van der Waals surface area contributed by atoms with Gasteiger partial charge in [0.1, 0.15) is 0 Å². The van der Waals surface area contributed by atoms with Crippen molar-refractivity contribution in [3.8, 4) is 0 Å². The first-order chi connectivity index (χ1) is 8.05. The van der Waals surface area contributed by atoms with Crippen molar-refractivity contribution in [2.75, 3.05) is 32.8 Å². The number of nitrogens with zero attached hydrogens (tertiary/aromatic N) is 1. The van der Waals surface area contributed by atoms with Gasteiger partial charge in [-0.1, -0.05) is 20.3 Å². The standard InChI is InChI=1S/C14H30N2O/c1-13-7-4-5-9-16(13)10-6-8-15-11-14(2,3)12-17/h13,15,17H,4-12H2,1-3H3. The van der Waals surface area contributed by atoms with Crippen molar-refractivity contribution in [3.63, 3.8) is 0 Å². The van der Waals surface area contributed by atoms with Crippen LogP contribution in [0.4, 0.5) is 0 Å². The minimum Gasteiger partial charge on any atom is -0.396 e. The van der Waals surface area contributed by atoms with Crippen molar-refractivity contribution >= 4 is 0 Å². The molecule has 1 rings (SSSR count). The summed E-state index contributed by atoms with van der Waals surface area (Å²) in [5, 5.41) is 12.6. The molecule has 0 aromatic carbocycles. The summed E-state index contributed by atoms with van der Waals surface area (Å²) in [4.78, 5) is 2.61. The van der Waals surface area contributed by atoms with Gasteiger partial charge in [-0.15, -0.1) is 0 Å². The summed E-state index contributed by atoms with van der Waals surface area (Å²) < 4.78 is 0. The van der Waals surface area contributed by atoms with Crippen LogP contribution in [0.3, 0.4) is 0 Å². The molecule has 1 heterocycles. The van der Waals surface area contributed by atoms with Crippen LogP contribution in [0.25, 0.3) is 0 Å². The van der Waals surface area contributed by atoms with E-state index in [4.69, 9.17) is 5.11 Å². The molecule has 3 nitrogen and oxygen atoms in total. The Morgan fingerprint density at radius 3 is 2.76 bits per heavy atom. The molecule has 1 aliphatic rings. The number of nitrogens with one attached hydrogen (secondary N) is 1. The van der Waals surface area contributed by atoms with E-state index in [2.05, 4.69) is 31.0 Å². The van der Waals surface area contributed by atoms with E-state index < -0.39 is 0 Å². The van der Waals surface area contributed by atoms with Crippen LogP contribution < -0.4 is 5.32 Å². The molecule has 0 radical (unpaired) electrons. The van der Waals surface area contributed by atoms with Gasteiger partial charge >= 0.3 is 0 Å². The molecule has 102 valence electrons. The molecule has 0 saturated carbocycles. The van der Waals surface area contributed by atoms with Crippen molar-refractivity contribution < 1.29 is 5.11 Å².